The van der Waals surface area contributed by atoms with E-state index in [1.165, 1.54) is 5.56 Å². The number of aryl methyl sites for hydroxylation is 1. The molecule has 0 aliphatic carbocycles. The predicted molar refractivity (Wildman–Crippen MR) is 98.6 cm³/mol. The number of nitrogens with one attached hydrogen (secondary N) is 2. The average molecular weight is 340 g/mol. The van der Waals surface area contributed by atoms with Crippen LogP contribution in [0.3, 0.4) is 0 Å². The van der Waals surface area contributed by atoms with Crippen LogP contribution in [0.25, 0.3) is 0 Å². The average Bonchev–Trinajstić information content (AvgIpc) is 2.63. The zero-order valence-corrected chi connectivity index (χ0v) is 14.8. The van der Waals surface area contributed by atoms with Gasteiger partial charge in [-0.3, -0.25) is 9.59 Å². The number of ether oxygens (including phenoxy) is 1. The van der Waals surface area contributed by atoms with Gasteiger partial charge in [-0.15, -0.1) is 0 Å². The predicted octanol–water partition coefficient (Wildman–Crippen LogP) is 3.46. The summed E-state index contributed by atoms with van der Waals surface area (Å²) in [5.41, 5.74) is 2.68. The first-order valence-electron chi connectivity index (χ1n) is 8.47. The van der Waals surface area contributed by atoms with Gasteiger partial charge < -0.3 is 15.4 Å². The number of hydrogen-bond donors (Lipinski definition) is 2. The van der Waals surface area contributed by atoms with Crippen LogP contribution in [0.5, 0.6) is 5.75 Å². The number of benzene rings is 2. The third-order valence-corrected chi connectivity index (χ3v) is 3.86. The number of hydrogen-bond acceptors (Lipinski definition) is 3. The van der Waals surface area contributed by atoms with E-state index in [4.69, 9.17) is 4.74 Å². The first kappa shape index (κ1) is 18.5. The highest BCUT2D eigenvalue weighted by molar-refractivity contribution is 6.39. The molecule has 0 heterocycles. The summed E-state index contributed by atoms with van der Waals surface area (Å²) >= 11 is 0. The van der Waals surface area contributed by atoms with E-state index in [2.05, 4.69) is 17.6 Å². The van der Waals surface area contributed by atoms with E-state index in [1.807, 2.05) is 50.2 Å². The molecule has 2 aromatic rings. The minimum Gasteiger partial charge on any atom is -0.494 e. The van der Waals surface area contributed by atoms with Crippen molar-refractivity contribution in [2.75, 3.05) is 11.9 Å². The first-order valence-corrected chi connectivity index (χ1v) is 8.47. The van der Waals surface area contributed by atoms with Gasteiger partial charge in [0, 0.05) is 5.69 Å². The fourth-order valence-corrected chi connectivity index (χ4v) is 2.38. The smallest absolute Gasteiger partial charge is 0.313 e. The zero-order chi connectivity index (χ0) is 18.2. The largest absolute Gasteiger partial charge is 0.494 e. The van der Waals surface area contributed by atoms with Crippen molar-refractivity contribution in [3.8, 4) is 5.75 Å². The van der Waals surface area contributed by atoms with Crippen LogP contribution in [0.4, 0.5) is 5.69 Å². The molecule has 0 spiro atoms. The van der Waals surface area contributed by atoms with Gasteiger partial charge in [0.05, 0.1) is 12.6 Å². The van der Waals surface area contributed by atoms with Crippen LogP contribution in [-0.2, 0) is 16.0 Å². The molecular formula is C20H24N2O3. The lowest BCUT2D eigenvalue weighted by molar-refractivity contribution is -0.136. The Balaban J connectivity index is 1.91. The number of carbonyl (C=O) groups excluding carboxylic acids is 2. The van der Waals surface area contributed by atoms with Gasteiger partial charge in [0.15, 0.2) is 0 Å². The van der Waals surface area contributed by atoms with Crippen molar-refractivity contribution < 1.29 is 14.3 Å². The summed E-state index contributed by atoms with van der Waals surface area (Å²) in [4.78, 5) is 24.1. The van der Waals surface area contributed by atoms with Crippen LogP contribution >= 0.6 is 0 Å². The summed E-state index contributed by atoms with van der Waals surface area (Å²) in [5.74, 6) is -0.568. The molecule has 5 heteroatoms. The monoisotopic (exact) mass is 340 g/mol. The molecule has 0 bridgehead atoms. The van der Waals surface area contributed by atoms with Crippen molar-refractivity contribution in [2.24, 2.45) is 0 Å². The second-order valence-electron chi connectivity index (χ2n) is 5.70. The summed E-state index contributed by atoms with van der Waals surface area (Å²) in [6, 6.07) is 14.6. The Kier molecular flexibility index (Phi) is 6.57. The highest BCUT2D eigenvalue weighted by Crippen LogP contribution is 2.17. The van der Waals surface area contributed by atoms with Gasteiger partial charge in [-0.2, -0.15) is 0 Å². The molecule has 0 aliphatic heterocycles. The Hall–Kier alpha value is -2.82. The summed E-state index contributed by atoms with van der Waals surface area (Å²) in [7, 11) is 0. The molecule has 0 aromatic heterocycles. The highest BCUT2D eigenvalue weighted by atomic mass is 16.5. The van der Waals surface area contributed by atoms with Crippen molar-refractivity contribution in [1.29, 1.82) is 0 Å². The maximum atomic E-state index is 12.1. The van der Waals surface area contributed by atoms with Crippen LogP contribution in [0.15, 0.2) is 48.5 Å². The van der Waals surface area contributed by atoms with E-state index in [0.717, 1.165) is 17.7 Å². The zero-order valence-electron chi connectivity index (χ0n) is 14.8. The molecule has 1 unspecified atom stereocenters. The molecule has 0 radical (unpaired) electrons. The highest BCUT2D eigenvalue weighted by Gasteiger charge is 2.17. The van der Waals surface area contributed by atoms with Gasteiger partial charge in [0.2, 0.25) is 0 Å². The van der Waals surface area contributed by atoms with Crippen molar-refractivity contribution >= 4 is 17.5 Å². The van der Waals surface area contributed by atoms with E-state index in [-0.39, 0.29) is 6.04 Å². The third-order valence-electron chi connectivity index (χ3n) is 3.86. The Morgan fingerprint density at radius 1 is 0.960 bits per heavy atom. The molecule has 1 atom stereocenters. The third kappa shape index (κ3) is 5.35. The van der Waals surface area contributed by atoms with Gasteiger partial charge >= 0.3 is 11.8 Å². The fraction of sp³-hybridized carbons (Fsp3) is 0.300. The van der Waals surface area contributed by atoms with E-state index in [9.17, 15) is 9.59 Å². The molecule has 5 nitrogen and oxygen atoms in total. The molecule has 132 valence electrons. The standard InChI is InChI=1S/C20H24N2O3/c1-4-15-6-10-17(11-7-15)22-20(24)19(23)21-14(3)16-8-12-18(13-9-16)25-5-2/h6-14H,4-5H2,1-3H3,(H,21,23)(H,22,24). The van der Waals surface area contributed by atoms with Crippen molar-refractivity contribution in [3.63, 3.8) is 0 Å². The maximum absolute atomic E-state index is 12.1. The van der Waals surface area contributed by atoms with E-state index >= 15 is 0 Å². The van der Waals surface area contributed by atoms with Gasteiger partial charge in [0.25, 0.3) is 0 Å². The molecule has 0 saturated heterocycles. The van der Waals surface area contributed by atoms with E-state index in [0.29, 0.717) is 12.3 Å². The van der Waals surface area contributed by atoms with Gasteiger partial charge in [-0.25, -0.2) is 0 Å². The first-order chi connectivity index (χ1) is 12.0. The lowest BCUT2D eigenvalue weighted by atomic mass is 10.1. The van der Waals surface area contributed by atoms with Crippen LogP contribution in [0, 0.1) is 0 Å². The van der Waals surface area contributed by atoms with Crippen molar-refractivity contribution in [1.82, 2.24) is 5.32 Å². The SMILES string of the molecule is CCOc1ccc(C(C)NC(=O)C(=O)Nc2ccc(CC)cc2)cc1. The molecule has 2 rings (SSSR count). The molecule has 2 aromatic carbocycles. The van der Waals surface area contributed by atoms with Gasteiger partial charge in [-0.1, -0.05) is 31.2 Å². The maximum Gasteiger partial charge on any atom is 0.313 e. The molecular weight excluding hydrogens is 316 g/mol. The minimum atomic E-state index is -0.679. The lowest BCUT2D eigenvalue weighted by Crippen LogP contribution is -2.36. The Morgan fingerprint density at radius 2 is 1.60 bits per heavy atom. The number of carbonyl (C=O) groups is 2. The molecule has 0 saturated carbocycles. The van der Waals surface area contributed by atoms with Crippen LogP contribution in [-0.4, -0.2) is 18.4 Å². The second-order valence-corrected chi connectivity index (χ2v) is 5.70. The summed E-state index contributed by atoms with van der Waals surface area (Å²) < 4.78 is 5.39. The van der Waals surface area contributed by atoms with E-state index in [1.54, 1.807) is 12.1 Å². The van der Waals surface area contributed by atoms with Crippen molar-refractivity contribution in [3.05, 3.63) is 59.7 Å². The fourth-order valence-electron chi connectivity index (χ4n) is 2.38. The molecule has 0 aliphatic rings. The van der Waals surface area contributed by atoms with Gasteiger partial charge in [-0.05, 0) is 55.7 Å². The second kappa shape index (κ2) is 8.87. The normalized spacial score (nSPS) is 11.5. The summed E-state index contributed by atoms with van der Waals surface area (Å²) in [6.07, 6.45) is 0.925. The number of anilines is 1. The molecule has 25 heavy (non-hydrogen) atoms. The summed E-state index contributed by atoms with van der Waals surface area (Å²) in [5, 5.41) is 5.30. The van der Waals surface area contributed by atoms with Crippen LogP contribution < -0.4 is 15.4 Å². The molecule has 2 amide bonds. The van der Waals surface area contributed by atoms with Crippen LogP contribution in [0.1, 0.15) is 37.9 Å². The lowest BCUT2D eigenvalue weighted by Gasteiger charge is -2.15. The molecule has 2 N–H and O–H groups in total. The Morgan fingerprint density at radius 3 is 2.16 bits per heavy atom. The Bertz CT molecular complexity index is 709. The minimum absolute atomic E-state index is 0.281. The number of rotatable bonds is 6. The van der Waals surface area contributed by atoms with Gasteiger partial charge in [0.1, 0.15) is 5.75 Å². The quantitative estimate of drug-likeness (QED) is 0.791. The summed E-state index contributed by atoms with van der Waals surface area (Å²) in [6.45, 7) is 6.41. The molecule has 0 fully saturated rings. The van der Waals surface area contributed by atoms with E-state index < -0.39 is 11.8 Å². The topological polar surface area (TPSA) is 67.4 Å². The van der Waals surface area contributed by atoms with Crippen molar-refractivity contribution in [2.45, 2.75) is 33.2 Å². The van der Waals surface area contributed by atoms with Crippen LogP contribution in [0.2, 0.25) is 0 Å². The number of amides is 2. The Labute approximate surface area is 148 Å².